The van der Waals surface area contributed by atoms with E-state index in [2.05, 4.69) is 19.2 Å². The molecule has 5 saturated carbocycles. The minimum atomic E-state index is 0.973. The van der Waals surface area contributed by atoms with Gasteiger partial charge >= 0.3 is 0 Å². The minimum absolute atomic E-state index is 0.973. The molecule has 1 saturated heterocycles. The van der Waals surface area contributed by atoms with Gasteiger partial charge in [-0.2, -0.15) is 0 Å². The Kier molecular flexibility index (Phi) is 4.07. The average Bonchev–Trinajstić information content (AvgIpc) is 3.09. The predicted molar refractivity (Wildman–Crippen MR) is 89.1 cm³/mol. The van der Waals surface area contributed by atoms with Gasteiger partial charge in [0.15, 0.2) is 0 Å². The minimum Gasteiger partial charge on any atom is -0.317 e. The summed E-state index contributed by atoms with van der Waals surface area (Å²) in [6.07, 6.45) is 12.4. The zero-order valence-corrected chi connectivity index (χ0v) is 14.2. The third-order valence-corrected chi connectivity index (χ3v) is 8.00. The largest absolute Gasteiger partial charge is 0.317 e. The Hall–Kier alpha value is -0.0400. The zero-order chi connectivity index (χ0) is 14.4. The Bertz CT molecular complexity index is 351. The summed E-state index contributed by atoms with van der Waals surface area (Å²) >= 11 is 0. The highest BCUT2D eigenvalue weighted by molar-refractivity contribution is 5.07. The maximum absolute atomic E-state index is 3.32. The number of fused-ring (bicyclic) bond motifs is 4. The van der Waals surface area contributed by atoms with Crippen LogP contribution in [0.4, 0.5) is 0 Å². The van der Waals surface area contributed by atoms with Gasteiger partial charge in [-0.15, -0.1) is 0 Å². The molecule has 0 aromatic heterocycles. The number of rotatable bonds is 0. The molecule has 1 heteroatoms. The van der Waals surface area contributed by atoms with E-state index in [1.807, 2.05) is 0 Å². The lowest BCUT2D eigenvalue weighted by molar-refractivity contribution is -0.0268. The molecule has 5 aliphatic carbocycles. The van der Waals surface area contributed by atoms with E-state index in [0.717, 1.165) is 17.8 Å². The molecule has 6 rings (SSSR count). The van der Waals surface area contributed by atoms with Crippen molar-refractivity contribution >= 4 is 0 Å². The number of hydrogen-bond donors (Lipinski definition) is 1. The van der Waals surface area contributed by atoms with Gasteiger partial charge in [-0.05, 0) is 112 Å². The van der Waals surface area contributed by atoms with Crippen molar-refractivity contribution in [2.75, 3.05) is 13.1 Å². The summed E-state index contributed by atoms with van der Waals surface area (Å²) in [5, 5.41) is 3.32. The molecule has 0 radical (unpaired) electrons. The van der Waals surface area contributed by atoms with Crippen molar-refractivity contribution in [3.05, 3.63) is 0 Å². The zero-order valence-electron chi connectivity index (χ0n) is 14.2. The highest BCUT2D eigenvalue weighted by Crippen LogP contribution is 2.66. The molecular formula is C20H35N. The lowest BCUT2D eigenvalue weighted by atomic mass is 9.53. The van der Waals surface area contributed by atoms with Crippen molar-refractivity contribution in [1.82, 2.24) is 5.32 Å². The molecule has 6 fully saturated rings. The molecule has 5 atom stereocenters. The second-order valence-electron chi connectivity index (χ2n) is 9.13. The van der Waals surface area contributed by atoms with E-state index >= 15 is 0 Å². The third kappa shape index (κ3) is 2.58. The first-order valence-electron chi connectivity index (χ1n) is 9.94. The Morgan fingerprint density at radius 3 is 1.86 bits per heavy atom. The first-order valence-corrected chi connectivity index (χ1v) is 9.94. The van der Waals surface area contributed by atoms with Crippen LogP contribution in [-0.2, 0) is 0 Å². The van der Waals surface area contributed by atoms with Crippen LogP contribution in [0.1, 0.15) is 65.2 Å². The standard InChI is InChI=1S/C14H22.C6H13N/c1-8-6-11-7-12(8)14-10-4-2-9(3-5-10)13(11)14;1-6-2-4-7-5-3-6/h8-14H,2-7H2,1H3;6-7H,2-5H2,1H3. The molecule has 1 aliphatic heterocycles. The van der Waals surface area contributed by atoms with Crippen LogP contribution < -0.4 is 5.32 Å². The second kappa shape index (κ2) is 5.87. The smallest absolute Gasteiger partial charge is 0.00464 e. The van der Waals surface area contributed by atoms with Crippen molar-refractivity contribution < 1.29 is 0 Å². The number of nitrogens with one attached hydrogen (secondary N) is 1. The average molecular weight is 290 g/mol. The van der Waals surface area contributed by atoms with Gasteiger partial charge in [0.1, 0.15) is 0 Å². The van der Waals surface area contributed by atoms with Gasteiger partial charge in [0.2, 0.25) is 0 Å². The molecule has 0 aromatic carbocycles. The molecule has 120 valence electrons. The van der Waals surface area contributed by atoms with Gasteiger partial charge in [-0.1, -0.05) is 13.8 Å². The molecule has 0 spiro atoms. The van der Waals surface area contributed by atoms with Crippen LogP contribution >= 0.6 is 0 Å². The van der Waals surface area contributed by atoms with E-state index < -0.39 is 0 Å². The summed E-state index contributed by atoms with van der Waals surface area (Å²) in [6.45, 7) is 7.33. The predicted octanol–water partition coefficient (Wildman–Crippen LogP) is 4.72. The SMILES string of the molecule is CC1CC2CC1C1C3CCC(CC3)C21.CC1CCNCC1. The van der Waals surface area contributed by atoms with Crippen molar-refractivity contribution in [3.63, 3.8) is 0 Å². The molecule has 4 bridgehead atoms. The fraction of sp³-hybridized carbons (Fsp3) is 1.00. The fourth-order valence-electron chi connectivity index (χ4n) is 7.02. The lowest BCUT2D eigenvalue weighted by Gasteiger charge is -2.52. The highest BCUT2D eigenvalue weighted by Gasteiger charge is 2.58. The first kappa shape index (κ1) is 14.5. The van der Waals surface area contributed by atoms with E-state index in [9.17, 15) is 0 Å². The van der Waals surface area contributed by atoms with Gasteiger partial charge in [0.05, 0.1) is 0 Å². The summed E-state index contributed by atoms with van der Waals surface area (Å²) in [7, 11) is 0. The molecule has 1 nitrogen and oxygen atoms in total. The maximum Gasteiger partial charge on any atom is -0.00464 e. The lowest BCUT2D eigenvalue weighted by Crippen LogP contribution is -2.44. The Morgan fingerprint density at radius 2 is 1.29 bits per heavy atom. The van der Waals surface area contributed by atoms with Gasteiger partial charge in [-0.3, -0.25) is 0 Å². The molecule has 0 amide bonds. The summed E-state index contributed by atoms with van der Waals surface area (Å²) in [5.74, 6) is 9.16. The van der Waals surface area contributed by atoms with Crippen LogP contribution in [-0.4, -0.2) is 13.1 Å². The van der Waals surface area contributed by atoms with Crippen molar-refractivity contribution in [1.29, 1.82) is 0 Å². The van der Waals surface area contributed by atoms with Crippen molar-refractivity contribution in [3.8, 4) is 0 Å². The topological polar surface area (TPSA) is 12.0 Å². The molecule has 5 unspecified atom stereocenters. The van der Waals surface area contributed by atoms with Crippen LogP contribution in [0.5, 0.6) is 0 Å². The fourth-order valence-corrected chi connectivity index (χ4v) is 7.02. The normalized spacial score (nSPS) is 51.4. The van der Waals surface area contributed by atoms with Crippen LogP contribution in [0.3, 0.4) is 0 Å². The van der Waals surface area contributed by atoms with E-state index in [1.54, 1.807) is 38.5 Å². The Labute approximate surface area is 131 Å². The highest BCUT2D eigenvalue weighted by atomic mass is 14.9. The molecule has 1 N–H and O–H groups in total. The van der Waals surface area contributed by atoms with Gasteiger partial charge in [-0.25, -0.2) is 0 Å². The summed E-state index contributed by atoms with van der Waals surface area (Å²) in [5.41, 5.74) is 0. The van der Waals surface area contributed by atoms with Gasteiger partial charge < -0.3 is 5.32 Å². The van der Waals surface area contributed by atoms with E-state index in [0.29, 0.717) is 0 Å². The molecule has 0 aromatic rings. The van der Waals surface area contributed by atoms with Gasteiger partial charge in [0.25, 0.3) is 0 Å². The van der Waals surface area contributed by atoms with Crippen molar-refractivity contribution in [2.24, 2.45) is 47.3 Å². The Morgan fingerprint density at radius 1 is 0.667 bits per heavy atom. The quantitative estimate of drug-likeness (QED) is 0.680. The van der Waals surface area contributed by atoms with Gasteiger partial charge in [0, 0.05) is 0 Å². The number of hydrogen-bond acceptors (Lipinski definition) is 1. The molecular weight excluding hydrogens is 254 g/mol. The Balaban J connectivity index is 0.000000141. The molecule has 1 heterocycles. The third-order valence-electron chi connectivity index (χ3n) is 8.00. The summed E-state index contributed by atoms with van der Waals surface area (Å²) < 4.78 is 0. The number of piperidine rings is 1. The first-order chi connectivity index (χ1) is 10.2. The molecule has 6 aliphatic rings. The second-order valence-corrected chi connectivity index (χ2v) is 9.13. The van der Waals surface area contributed by atoms with E-state index in [1.165, 1.54) is 55.5 Å². The van der Waals surface area contributed by atoms with Crippen LogP contribution in [0, 0.1) is 47.3 Å². The van der Waals surface area contributed by atoms with Crippen LogP contribution in [0.2, 0.25) is 0 Å². The van der Waals surface area contributed by atoms with Crippen molar-refractivity contribution in [2.45, 2.75) is 65.2 Å². The summed E-state index contributed by atoms with van der Waals surface area (Å²) in [4.78, 5) is 0. The monoisotopic (exact) mass is 289 g/mol. The van der Waals surface area contributed by atoms with E-state index in [-0.39, 0.29) is 0 Å². The van der Waals surface area contributed by atoms with Crippen LogP contribution in [0.15, 0.2) is 0 Å². The maximum atomic E-state index is 3.32. The molecule has 21 heavy (non-hydrogen) atoms. The summed E-state index contributed by atoms with van der Waals surface area (Å²) in [6, 6.07) is 0. The van der Waals surface area contributed by atoms with E-state index in [4.69, 9.17) is 0 Å². The van der Waals surface area contributed by atoms with Crippen LogP contribution in [0.25, 0.3) is 0 Å².